The zero-order valence-corrected chi connectivity index (χ0v) is 13.6. The van der Waals surface area contributed by atoms with Crippen molar-refractivity contribution in [3.05, 3.63) is 45.8 Å². The molecule has 0 spiro atoms. The van der Waals surface area contributed by atoms with E-state index < -0.39 is 10.8 Å². The first-order valence-corrected chi connectivity index (χ1v) is 8.31. The van der Waals surface area contributed by atoms with E-state index in [0.717, 1.165) is 17.4 Å². The maximum Gasteiger partial charge on any atom is 0.407 e. The number of carbonyl (C=O) groups is 2. The van der Waals surface area contributed by atoms with E-state index >= 15 is 0 Å². The minimum absolute atomic E-state index is 0.205. The van der Waals surface area contributed by atoms with Crippen LogP contribution in [0.3, 0.4) is 0 Å². The Morgan fingerprint density at radius 1 is 1.55 bits per heavy atom. The van der Waals surface area contributed by atoms with Crippen molar-refractivity contribution in [2.75, 3.05) is 6.54 Å². The molecule has 22 heavy (non-hydrogen) atoms. The Hall–Kier alpha value is -1.46. The lowest BCUT2D eigenvalue weighted by Gasteiger charge is -2.42. The predicted molar refractivity (Wildman–Crippen MR) is 87.3 cm³/mol. The summed E-state index contributed by atoms with van der Waals surface area (Å²) < 4.78 is -0.657. The summed E-state index contributed by atoms with van der Waals surface area (Å²) in [7, 11) is 0. The fraction of sp³-hybridized carbons (Fsp3) is 0.375. The Morgan fingerprint density at radius 2 is 2.32 bits per heavy atom. The van der Waals surface area contributed by atoms with Gasteiger partial charge in [0.25, 0.3) is 0 Å². The van der Waals surface area contributed by atoms with E-state index in [1.165, 1.54) is 16.7 Å². The lowest BCUT2D eigenvalue weighted by molar-refractivity contribution is -0.110. The zero-order valence-electron chi connectivity index (χ0n) is 12.0. The van der Waals surface area contributed by atoms with E-state index in [-0.39, 0.29) is 12.0 Å². The van der Waals surface area contributed by atoms with Gasteiger partial charge >= 0.3 is 6.09 Å². The van der Waals surface area contributed by atoms with Gasteiger partial charge in [-0.1, -0.05) is 23.7 Å². The topological polar surface area (TPSA) is 57.6 Å². The Bertz CT molecular complexity index is 663. The largest absolute Gasteiger partial charge is 0.465 e. The number of nitrogens with zero attached hydrogens (tertiary/aromatic N) is 1. The second kappa shape index (κ2) is 5.63. The standard InChI is InChI=1S/C16H16ClNO3S/c1-16(9-19)13(5-7-22-16)14-12-8-11(17)3-2-10(12)4-6-18(14)15(20)21/h2-3,5,7-9,13-14H,4,6H2,1H3,(H,20,21)/t13?,14-,16?/m0/s1. The number of amides is 1. The van der Waals surface area contributed by atoms with Crippen LogP contribution in [-0.4, -0.2) is 33.7 Å². The number of hydrogen-bond donors (Lipinski definition) is 1. The summed E-state index contributed by atoms with van der Waals surface area (Å²) in [6.07, 6.45) is 2.56. The van der Waals surface area contributed by atoms with E-state index in [2.05, 4.69) is 0 Å². The predicted octanol–water partition coefficient (Wildman–Crippen LogP) is 3.75. The highest BCUT2D eigenvalue weighted by Crippen LogP contribution is 2.49. The lowest BCUT2D eigenvalue weighted by Crippen LogP contribution is -2.47. The van der Waals surface area contributed by atoms with Crippen molar-refractivity contribution in [1.29, 1.82) is 0 Å². The summed E-state index contributed by atoms with van der Waals surface area (Å²) in [5.41, 5.74) is 2.01. The van der Waals surface area contributed by atoms with Crippen molar-refractivity contribution < 1.29 is 14.7 Å². The lowest BCUT2D eigenvalue weighted by atomic mass is 9.79. The Balaban J connectivity index is 2.12. The quantitative estimate of drug-likeness (QED) is 0.835. The summed E-state index contributed by atoms with van der Waals surface area (Å²) in [4.78, 5) is 24.7. The van der Waals surface area contributed by atoms with Crippen LogP contribution in [0.4, 0.5) is 4.79 Å². The van der Waals surface area contributed by atoms with Crippen LogP contribution in [0.5, 0.6) is 0 Å². The van der Waals surface area contributed by atoms with Gasteiger partial charge in [0.05, 0.1) is 10.8 Å². The molecule has 4 nitrogen and oxygen atoms in total. The second-order valence-electron chi connectivity index (χ2n) is 5.79. The third-order valence-electron chi connectivity index (χ3n) is 4.47. The van der Waals surface area contributed by atoms with E-state index in [9.17, 15) is 14.7 Å². The first-order chi connectivity index (χ1) is 10.5. The van der Waals surface area contributed by atoms with E-state index in [4.69, 9.17) is 11.6 Å². The number of fused-ring (bicyclic) bond motifs is 1. The summed E-state index contributed by atoms with van der Waals surface area (Å²) >= 11 is 7.56. The Labute approximate surface area is 138 Å². The van der Waals surface area contributed by atoms with Gasteiger partial charge in [-0.15, -0.1) is 11.8 Å². The van der Waals surface area contributed by atoms with Crippen LogP contribution in [0.1, 0.15) is 24.1 Å². The maximum atomic E-state index is 11.7. The van der Waals surface area contributed by atoms with Gasteiger partial charge in [0.15, 0.2) is 0 Å². The molecule has 0 aromatic heterocycles. The highest BCUT2D eigenvalue weighted by molar-refractivity contribution is 8.04. The van der Waals surface area contributed by atoms with Crippen molar-refractivity contribution >= 4 is 35.7 Å². The fourth-order valence-electron chi connectivity index (χ4n) is 3.28. The SMILES string of the molecule is CC1(C=O)SC=CC1[C@@H]1c2cc(Cl)ccc2CCN1C(=O)O. The van der Waals surface area contributed by atoms with Crippen molar-refractivity contribution in [3.8, 4) is 0 Å². The van der Waals surface area contributed by atoms with Gasteiger partial charge in [-0.2, -0.15) is 0 Å². The summed E-state index contributed by atoms with van der Waals surface area (Å²) in [5, 5.41) is 12.0. The third-order valence-corrected chi connectivity index (χ3v) is 5.88. The van der Waals surface area contributed by atoms with Gasteiger partial charge in [0, 0.05) is 17.5 Å². The number of hydrogen-bond acceptors (Lipinski definition) is 3. The summed E-state index contributed by atoms with van der Waals surface area (Å²) in [6, 6.07) is 5.22. The van der Waals surface area contributed by atoms with Crippen LogP contribution >= 0.6 is 23.4 Å². The molecule has 3 atom stereocenters. The van der Waals surface area contributed by atoms with Gasteiger partial charge in [-0.05, 0) is 42.0 Å². The van der Waals surface area contributed by atoms with Gasteiger partial charge in [0.2, 0.25) is 0 Å². The maximum absolute atomic E-state index is 11.7. The Morgan fingerprint density at radius 3 is 3.00 bits per heavy atom. The average molecular weight is 338 g/mol. The number of benzene rings is 1. The van der Waals surface area contributed by atoms with Crippen molar-refractivity contribution in [2.24, 2.45) is 5.92 Å². The number of halogens is 1. The molecule has 116 valence electrons. The third kappa shape index (κ3) is 2.42. The second-order valence-corrected chi connectivity index (χ2v) is 7.61. The van der Waals surface area contributed by atoms with Gasteiger partial charge < -0.3 is 14.8 Å². The minimum Gasteiger partial charge on any atom is -0.465 e. The number of rotatable bonds is 2. The van der Waals surface area contributed by atoms with Crippen molar-refractivity contribution in [2.45, 2.75) is 24.1 Å². The molecule has 1 N–H and O–H groups in total. The average Bonchev–Trinajstić information content (AvgIpc) is 2.88. The normalized spacial score (nSPS) is 30.2. The van der Waals surface area contributed by atoms with Crippen molar-refractivity contribution in [1.82, 2.24) is 4.90 Å². The molecule has 0 radical (unpaired) electrons. The molecule has 2 heterocycles. The van der Waals surface area contributed by atoms with E-state index in [1.807, 2.05) is 36.6 Å². The molecule has 1 aromatic rings. The molecule has 1 aromatic carbocycles. The molecular formula is C16H16ClNO3S. The molecule has 0 aliphatic carbocycles. The first kappa shape index (κ1) is 15.4. The Kier molecular flexibility index (Phi) is 3.95. The van der Waals surface area contributed by atoms with Gasteiger partial charge in [-0.25, -0.2) is 4.79 Å². The monoisotopic (exact) mass is 337 g/mol. The highest BCUT2D eigenvalue weighted by Gasteiger charge is 2.46. The molecule has 0 bridgehead atoms. The minimum atomic E-state index is -0.964. The number of aldehydes is 1. The molecule has 2 aliphatic heterocycles. The molecule has 2 aliphatic rings. The van der Waals surface area contributed by atoms with Crippen LogP contribution in [0, 0.1) is 5.92 Å². The molecule has 0 saturated carbocycles. The fourth-order valence-corrected chi connectivity index (χ4v) is 4.43. The number of carboxylic acid groups (broad SMARTS) is 1. The van der Waals surface area contributed by atoms with Crippen LogP contribution < -0.4 is 0 Å². The van der Waals surface area contributed by atoms with Gasteiger partial charge in [-0.3, -0.25) is 0 Å². The van der Waals surface area contributed by atoms with Crippen LogP contribution in [0.25, 0.3) is 0 Å². The highest BCUT2D eigenvalue weighted by atomic mass is 35.5. The van der Waals surface area contributed by atoms with Gasteiger partial charge in [0.1, 0.15) is 6.29 Å². The summed E-state index contributed by atoms with van der Waals surface area (Å²) in [5.74, 6) is -0.205. The molecule has 0 fully saturated rings. The van der Waals surface area contributed by atoms with Crippen LogP contribution in [0.2, 0.25) is 5.02 Å². The number of thioether (sulfide) groups is 1. The molecule has 2 unspecified atom stereocenters. The van der Waals surface area contributed by atoms with Crippen LogP contribution in [0.15, 0.2) is 29.7 Å². The van der Waals surface area contributed by atoms with E-state index in [1.54, 1.807) is 0 Å². The van der Waals surface area contributed by atoms with Crippen molar-refractivity contribution in [3.63, 3.8) is 0 Å². The zero-order chi connectivity index (χ0) is 15.9. The molecule has 1 amide bonds. The molecular weight excluding hydrogens is 322 g/mol. The molecule has 6 heteroatoms. The van der Waals surface area contributed by atoms with E-state index in [0.29, 0.717) is 18.0 Å². The smallest absolute Gasteiger partial charge is 0.407 e. The van der Waals surface area contributed by atoms with Crippen LogP contribution in [-0.2, 0) is 11.2 Å². The number of carbonyl (C=O) groups excluding carboxylic acids is 1. The first-order valence-electron chi connectivity index (χ1n) is 7.05. The molecule has 3 rings (SSSR count). The molecule has 0 saturated heterocycles. The summed E-state index contributed by atoms with van der Waals surface area (Å²) in [6.45, 7) is 2.28.